The van der Waals surface area contributed by atoms with Gasteiger partial charge >= 0.3 is 0 Å². The zero-order chi connectivity index (χ0) is 12.8. The van der Waals surface area contributed by atoms with Crippen molar-refractivity contribution >= 4 is 15.9 Å². The molecule has 0 saturated heterocycles. The van der Waals surface area contributed by atoms with Gasteiger partial charge in [-0.2, -0.15) is 0 Å². The SMILES string of the molecule is BrC(Cc1ncc[nH]1)C1C2CCc3ccccc3C21. The molecule has 0 radical (unpaired) electrons. The van der Waals surface area contributed by atoms with Gasteiger partial charge in [-0.1, -0.05) is 40.2 Å². The van der Waals surface area contributed by atoms with Gasteiger partial charge in [-0.25, -0.2) is 4.98 Å². The fourth-order valence-electron chi connectivity index (χ4n) is 3.84. The van der Waals surface area contributed by atoms with E-state index >= 15 is 0 Å². The number of hydrogen-bond acceptors (Lipinski definition) is 1. The molecule has 2 aliphatic rings. The Morgan fingerprint density at radius 3 is 3.11 bits per heavy atom. The molecule has 1 N–H and O–H groups in total. The monoisotopic (exact) mass is 316 g/mol. The molecule has 1 fully saturated rings. The summed E-state index contributed by atoms with van der Waals surface area (Å²) in [6.07, 6.45) is 7.36. The van der Waals surface area contributed by atoms with Crippen LogP contribution in [0.5, 0.6) is 0 Å². The van der Waals surface area contributed by atoms with Crippen LogP contribution in [0.2, 0.25) is 0 Å². The molecule has 0 amide bonds. The van der Waals surface area contributed by atoms with Crippen molar-refractivity contribution in [1.29, 1.82) is 0 Å². The molecule has 0 spiro atoms. The molecule has 3 heteroatoms. The van der Waals surface area contributed by atoms with Crippen LogP contribution in [0.1, 0.15) is 29.3 Å². The van der Waals surface area contributed by atoms with Crippen LogP contribution in [0.3, 0.4) is 0 Å². The summed E-state index contributed by atoms with van der Waals surface area (Å²) in [6, 6.07) is 8.99. The molecule has 1 aromatic carbocycles. The van der Waals surface area contributed by atoms with E-state index in [2.05, 4.69) is 50.2 Å². The van der Waals surface area contributed by atoms with Crippen molar-refractivity contribution in [2.75, 3.05) is 0 Å². The lowest BCUT2D eigenvalue weighted by atomic mass is 9.92. The van der Waals surface area contributed by atoms with Crippen molar-refractivity contribution in [2.45, 2.75) is 30.0 Å². The summed E-state index contributed by atoms with van der Waals surface area (Å²) in [6.45, 7) is 0. The van der Waals surface area contributed by atoms with E-state index in [4.69, 9.17) is 0 Å². The second kappa shape index (κ2) is 4.48. The predicted octanol–water partition coefficient (Wildman–Crippen LogP) is 3.69. The van der Waals surface area contributed by atoms with Crippen molar-refractivity contribution in [1.82, 2.24) is 9.97 Å². The number of benzene rings is 1. The minimum atomic E-state index is 0.541. The molecule has 1 heterocycles. The Bertz CT molecular complexity index is 578. The highest BCUT2D eigenvalue weighted by atomic mass is 79.9. The first-order chi connectivity index (χ1) is 9.34. The lowest BCUT2D eigenvalue weighted by Crippen LogP contribution is -2.08. The third kappa shape index (κ3) is 1.95. The predicted molar refractivity (Wildman–Crippen MR) is 79.5 cm³/mol. The van der Waals surface area contributed by atoms with Gasteiger partial charge in [-0.3, -0.25) is 0 Å². The van der Waals surface area contributed by atoms with Gasteiger partial charge in [0.25, 0.3) is 0 Å². The maximum atomic E-state index is 4.34. The number of aromatic nitrogens is 2. The minimum Gasteiger partial charge on any atom is -0.349 e. The van der Waals surface area contributed by atoms with Gasteiger partial charge in [-0.05, 0) is 41.7 Å². The second-order valence-electron chi connectivity index (χ2n) is 5.76. The number of fused-ring (bicyclic) bond motifs is 3. The van der Waals surface area contributed by atoms with Gasteiger partial charge < -0.3 is 4.98 Å². The highest BCUT2D eigenvalue weighted by Gasteiger charge is 2.55. The van der Waals surface area contributed by atoms with Gasteiger partial charge in [0.15, 0.2) is 0 Å². The Labute approximate surface area is 121 Å². The Kier molecular flexibility index (Phi) is 2.76. The summed E-state index contributed by atoms with van der Waals surface area (Å²) in [4.78, 5) is 8.09. The molecule has 2 nitrogen and oxygen atoms in total. The number of alkyl halides is 1. The Morgan fingerprint density at radius 1 is 1.37 bits per heavy atom. The molecule has 98 valence electrons. The molecule has 4 unspecified atom stereocenters. The summed E-state index contributed by atoms with van der Waals surface area (Å²) in [7, 11) is 0. The molecule has 0 bridgehead atoms. The molecule has 0 aliphatic heterocycles. The van der Waals surface area contributed by atoms with Gasteiger partial charge in [0.1, 0.15) is 5.82 Å². The molecular formula is C16H17BrN2. The number of aromatic amines is 1. The van der Waals surface area contributed by atoms with Crippen molar-refractivity contribution < 1.29 is 0 Å². The van der Waals surface area contributed by atoms with E-state index in [1.54, 1.807) is 11.1 Å². The van der Waals surface area contributed by atoms with Crippen LogP contribution in [0.25, 0.3) is 0 Å². The summed E-state index contributed by atoms with van der Waals surface area (Å²) in [5.74, 6) is 3.55. The number of imidazole rings is 1. The summed E-state index contributed by atoms with van der Waals surface area (Å²) < 4.78 is 0. The molecule has 4 rings (SSSR count). The number of rotatable bonds is 3. The topological polar surface area (TPSA) is 28.7 Å². The van der Waals surface area contributed by atoms with Crippen LogP contribution in [0.15, 0.2) is 36.7 Å². The highest BCUT2D eigenvalue weighted by molar-refractivity contribution is 9.09. The largest absolute Gasteiger partial charge is 0.349 e. The Hall–Kier alpha value is -1.09. The van der Waals surface area contributed by atoms with Crippen LogP contribution in [-0.2, 0) is 12.8 Å². The maximum absolute atomic E-state index is 4.34. The number of nitrogens with one attached hydrogen (secondary N) is 1. The normalized spacial score (nSPS) is 29.4. The summed E-state index contributed by atoms with van der Waals surface area (Å²) in [5, 5.41) is 0. The molecule has 19 heavy (non-hydrogen) atoms. The van der Waals surface area contributed by atoms with Crippen LogP contribution >= 0.6 is 15.9 Å². The van der Waals surface area contributed by atoms with Crippen molar-refractivity contribution in [2.24, 2.45) is 11.8 Å². The number of nitrogens with zero attached hydrogens (tertiary/aromatic N) is 1. The maximum Gasteiger partial charge on any atom is 0.107 e. The van der Waals surface area contributed by atoms with E-state index in [0.717, 1.165) is 30.0 Å². The number of hydrogen-bond donors (Lipinski definition) is 1. The molecule has 2 aliphatic carbocycles. The quantitative estimate of drug-likeness (QED) is 0.859. The minimum absolute atomic E-state index is 0.541. The zero-order valence-electron chi connectivity index (χ0n) is 10.7. The molecule has 2 aromatic rings. The number of aryl methyl sites for hydroxylation is 1. The van der Waals surface area contributed by atoms with E-state index in [9.17, 15) is 0 Å². The molecule has 1 saturated carbocycles. The van der Waals surface area contributed by atoms with Crippen molar-refractivity contribution in [3.8, 4) is 0 Å². The van der Waals surface area contributed by atoms with Gasteiger partial charge in [0.2, 0.25) is 0 Å². The van der Waals surface area contributed by atoms with Crippen molar-refractivity contribution in [3.05, 3.63) is 53.6 Å². The van der Waals surface area contributed by atoms with Gasteiger partial charge in [0.05, 0.1) is 0 Å². The van der Waals surface area contributed by atoms with E-state index < -0.39 is 0 Å². The van der Waals surface area contributed by atoms with Crippen LogP contribution in [0.4, 0.5) is 0 Å². The third-order valence-electron chi connectivity index (χ3n) is 4.75. The lowest BCUT2D eigenvalue weighted by molar-refractivity contribution is 0.613. The van der Waals surface area contributed by atoms with E-state index in [1.165, 1.54) is 12.8 Å². The van der Waals surface area contributed by atoms with Crippen LogP contribution in [0, 0.1) is 11.8 Å². The first kappa shape index (κ1) is 11.7. The van der Waals surface area contributed by atoms with Crippen LogP contribution in [-0.4, -0.2) is 14.8 Å². The molecule has 1 aromatic heterocycles. The Balaban J connectivity index is 1.54. The fourth-order valence-corrected chi connectivity index (χ4v) is 4.87. The second-order valence-corrected chi connectivity index (χ2v) is 6.94. The lowest BCUT2D eigenvalue weighted by Gasteiger charge is -2.13. The smallest absolute Gasteiger partial charge is 0.107 e. The van der Waals surface area contributed by atoms with E-state index in [0.29, 0.717) is 4.83 Å². The number of H-pyrrole nitrogens is 1. The van der Waals surface area contributed by atoms with E-state index in [1.807, 2.05) is 12.4 Å². The standard InChI is InChI=1S/C16H17BrN2/c17-13(9-14-18-7-8-19-14)16-12-6-5-10-3-1-2-4-11(10)15(12)16/h1-4,7-8,12-13,15-16H,5-6,9H2,(H,18,19). The fraction of sp³-hybridized carbons (Fsp3) is 0.438. The zero-order valence-corrected chi connectivity index (χ0v) is 12.3. The van der Waals surface area contributed by atoms with Crippen LogP contribution < -0.4 is 0 Å². The van der Waals surface area contributed by atoms with Crippen molar-refractivity contribution in [3.63, 3.8) is 0 Å². The first-order valence-corrected chi connectivity index (χ1v) is 7.96. The van der Waals surface area contributed by atoms with Gasteiger partial charge in [0, 0.05) is 23.6 Å². The third-order valence-corrected chi connectivity index (χ3v) is 5.69. The average molecular weight is 317 g/mol. The summed E-state index contributed by atoms with van der Waals surface area (Å²) in [5.41, 5.74) is 3.18. The summed E-state index contributed by atoms with van der Waals surface area (Å²) >= 11 is 3.91. The highest BCUT2D eigenvalue weighted by Crippen LogP contribution is 2.62. The average Bonchev–Trinajstić information content (AvgIpc) is 2.98. The Morgan fingerprint density at radius 2 is 2.26 bits per heavy atom. The first-order valence-electron chi connectivity index (χ1n) is 7.04. The van der Waals surface area contributed by atoms with E-state index in [-0.39, 0.29) is 0 Å². The van der Waals surface area contributed by atoms with Gasteiger partial charge in [-0.15, -0.1) is 0 Å². The molecular weight excluding hydrogens is 300 g/mol. The number of halogens is 1. The molecule has 4 atom stereocenters.